The molecule has 1 aliphatic rings. The van der Waals surface area contributed by atoms with Crippen molar-refractivity contribution < 1.29 is 13.2 Å². The van der Waals surface area contributed by atoms with Crippen LogP contribution in [-0.2, 0) is 14.8 Å². The Morgan fingerprint density at radius 3 is 2.50 bits per heavy atom. The van der Waals surface area contributed by atoms with Crippen LogP contribution in [0.15, 0.2) is 65.8 Å². The molecule has 8 nitrogen and oxygen atoms in total. The summed E-state index contributed by atoms with van der Waals surface area (Å²) in [6.07, 6.45) is 6.12. The lowest BCUT2D eigenvalue weighted by molar-refractivity contribution is -0.134. The standard InChI is InChI=1S/C25H31N5O3S/c1-19-11-16-30(17-12-19)24(31)23(8-4-13-26-25-27-14-5-15-28-25)29-34(32,33)22-10-9-20-6-2-3-7-21(20)18-22/h2-3,5-7,9-10,14-15,18-19,23,29H,4,8,11-13,16-17H2,1H3,(H,26,27,28)/t23-/m0/s1. The van der Waals surface area contributed by atoms with Crippen molar-refractivity contribution in [2.45, 2.75) is 43.5 Å². The largest absolute Gasteiger partial charge is 0.354 e. The molecule has 34 heavy (non-hydrogen) atoms. The van der Waals surface area contributed by atoms with Crippen LogP contribution in [-0.4, -0.2) is 54.9 Å². The Balaban J connectivity index is 1.47. The van der Waals surface area contributed by atoms with Crippen molar-refractivity contribution in [1.29, 1.82) is 0 Å². The second-order valence-corrected chi connectivity index (χ2v) is 10.5. The first kappa shape index (κ1) is 24.1. The third-order valence-electron chi connectivity index (χ3n) is 6.24. The van der Waals surface area contributed by atoms with Gasteiger partial charge in [0.2, 0.25) is 21.9 Å². The maximum absolute atomic E-state index is 13.3. The zero-order chi connectivity index (χ0) is 24.0. The summed E-state index contributed by atoms with van der Waals surface area (Å²) in [7, 11) is -3.88. The van der Waals surface area contributed by atoms with Crippen LogP contribution in [0.1, 0.15) is 32.6 Å². The van der Waals surface area contributed by atoms with Gasteiger partial charge in [-0.3, -0.25) is 4.79 Å². The monoisotopic (exact) mass is 481 g/mol. The van der Waals surface area contributed by atoms with E-state index in [1.165, 1.54) is 0 Å². The first-order chi connectivity index (χ1) is 16.4. The fourth-order valence-electron chi connectivity index (χ4n) is 4.17. The SMILES string of the molecule is CC1CCN(C(=O)[C@H](CCCNc2ncccn2)NS(=O)(=O)c2ccc3ccccc3c2)CC1. The molecular weight excluding hydrogens is 450 g/mol. The number of aromatic nitrogens is 2. The number of anilines is 1. The van der Waals surface area contributed by atoms with Crippen LogP contribution in [0.3, 0.4) is 0 Å². The summed E-state index contributed by atoms with van der Waals surface area (Å²) >= 11 is 0. The van der Waals surface area contributed by atoms with Gasteiger partial charge in [-0.2, -0.15) is 4.72 Å². The van der Waals surface area contributed by atoms with Crippen LogP contribution in [0, 0.1) is 5.92 Å². The van der Waals surface area contributed by atoms with Crippen molar-refractivity contribution in [1.82, 2.24) is 19.6 Å². The lowest BCUT2D eigenvalue weighted by Gasteiger charge is -2.33. The van der Waals surface area contributed by atoms with Gasteiger partial charge < -0.3 is 10.2 Å². The molecule has 0 aliphatic carbocycles. The lowest BCUT2D eigenvalue weighted by atomic mass is 9.98. The molecule has 0 spiro atoms. The summed E-state index contributed by atoms with van der Waals surface area (Å²) in [6, 6.07) is 13.5. The van der Waals surface area contributed by atoms with E-state index < -0.39 is 16.1 Å². The molecule has 3 aromatic rings. The van der Waals surface area contributed by atoms with E-state index >= 15 is 0 Å². The topological polar surface area (TPSA) is 104 Å². The molecule has 0 radical (unpaired) electrons. The molecule has 1 saturated heterocycles. The van der Waals surface area contributed by atoms with Crippen molar-refractivity contribution in [3.63, 3.8) is 0 Å². The molecule has 2 aromatic carbocycles. The number of piperidine rings is 1. The molecule has 0 bridgehead atoms. The predicted octanol–water partition coefficient (Wildman–Crippen LogP) is 3.43. The molecule has 1 amide bonds. The highest BCUT2D eigenvalue weighted by Gasteiger charge is 2.30. The summed E-state index contributed by atoms with van der Waals surface area (Å²) in [5.41, 5.74) is 0. The van der Waals surface area contributed by atoms with E-state index in [1.54, 1.807) is 41.6 Å². The Labute approximate surface area is 200 Å². The van der Waals surface area contributed by atoms with E-state index in [9.17, 15) is 13.2 Å². The molecule has 1 aliphatic heterocycles. The molecule has 2 N–H and O–H groups in total. The number of carbonyl (C=O) groups excluding carboxylic acids is 1. The van der Waals surface area contributed by atoms with Crippen LogP contribution in [0.5, 0.6) is 0 Å². The Morgan fingerprint density at radius 1 is 1.06 bits per heavy atom. The normalized spacial score (nSPS) is 15.9. The summed E-state index contributed by atoms with van der Waals surface area (Å²) in [4.78, 5) is 23.5. The van der Waals surface area contributed by atoms with Crippen LogP contribution in [0.25, 0.3) is 10.8 Å². The minimum absolute atomic E-state index is 0.159. The Hall–Kier alpha value is -3.04. The maximum Gasteiger partial charge on any atom is 0.241 e. The molecular formula is C25H31N5O3S. The smallest absolute Gasteiger partial charge is 0.241 e. The average molecular weight is 482 g/mol. The second kappa shape index (κ2) is 10.9. The first-order valence-electron chi connectivity index (χ1n) is 11.7. The fraction of sp³-hybridized carbons (Fsp3) is 0.400. The third-order valence-corrected chi connectivity index (χ3v) is 7.71. The highest BCUT2D eigenvalue weighted by atomic mass is 32.2. The molecule has 4 rings (SSSR count). The van der Waals surface area contributed by atoms with Crippen LogP contribution < -0.4 is 10.0 Å². The minimum atomic E-state index is -3.88. The molecule has 1 aromatic heterocycles. The summed E-state index contributed by atoms with van der Waals surface area (Å²) < 4.78 is 29.2. The van der Waals surface area contributed by atoms with Gasteiger partial charge in [-0.25, -0.2) is 18.4 Å². The number of likely N-dealkylation sites (tertiary alicyclic amines) is 1. The molecule has 180 valence electrons. The number of hydrogen-bond acceptors (Lipinski definition) is 6. The number of fused-ring (bicyclic) bond motifs is 1. The van der Waals surface area contributed by atoms with Crippen LogP contribution in [0.2, 0.25) is 0 Å². The fourth-order valence-corrected chi connectivity index (χ4v) is 5.43. The zero-order valence-electron chi connectivity index (χ0n) is 19.4. The van der Waals surface area contributed by atoms with Gasteiger partial charge in [0.15, 0.2) is 0 Å². The zero-order valence-corrected chi connectivity index (χ0v) is 20.2. The summed E-state index contributed by atoms with van der Waals surface area (Å²) in [5, 5.41) is 4.92. The van der Waals surface area contributed by atoms with E-state index in [2.05, 4.69) is 26.9 Å². The van der Waals surface area contributed by atoms with Gasteiger partial charge >= 0.3 is 0 Å². The van der Waals surface area contributed by atoms with E-state index in [1.807, 2.05) is 24.3 Å². The second-order valence-electron chi connectivity index (χ2n) is 8.83. The van der Waals surface area contributed by atoms with Gasteiger partial charge in [0, 0.05) is 32.0 Å². The maximum atomic E-state index is 13.3. The molecule has 0 saturated carbocycles. The Morgan fingerprint density at radius 2 is 1.76 bits per heavy atom. The van der Waals surface area contributed by atoms with Crippen molar-refractivity contribution >= 4 is 32.7 Å². The van der Waals surface area contributed by atoms with Gasteiger partial charge in [0.25, 0.3) is 0 Å². The Bertz CT molecular complexity index is 1210. The number of nitrogens with one attached hydrogen (secondary N) is 2. The van der Waals surface area contributed by atoms with Gasteiger partial charge in [-0.15, -0.1) is 0 Å². The number of rotatable bonds is 9. The van der Waals surface area contributed by atoms with Crippen molar-refractivity contribution in [2.75, 3.05) is 25.0 Å². The molecule has 1 atom stereocenters. The number of nitrogens with zero attached hydrogens (tertiary/aromatic N) is 3. The van der Waals surface area contributed by atoms with Gasteiger partial charge in [0.1, 0.15) is 6.04 Å². The van der Waals surface area contributed by atoms with Crippen molar-refractivity contribution in [3.8, 4) is 0 Å². The first-order valence-corrected chi connectivity index (χ1v) is 13.2. The molecule has 2 heterocycles. The minimum Gasteiger partial charge on any atom is -0.354 e. The Kier molecular flexibility index (Phi) is 7.74. The third kappa shape index (κ3) is 6.09. The van der Waals surface area contributed by atoms with Gasteiger partial charge in [0.05, 0.1) is 4.90 Å². The number of hydrogen-bond donors (Lipinski definition) is 2. The molecule has 1 fully saturated rings. The quantitative estimate of drug-likeness (QED) is 0.454. The predicted molar refractivity (Wildman–Crippen MR) is 133 cm³/mol. The van der Waals surface area contributed by atoms with E-state index in [4.69, 9.17) is 0 Å². The van der Waals surface area contributed by atoms with Crippen LogP contribution >= 0.6 is 0 Å². The van der Waals surface area contributed by atoms with E-state index in [0.29, 0.717) is 44.3 Å². The van der Waals surface area contributed by atoms with Crippen LogP contribution in [0.4, 0.5) is 5.95 Å². The summed E-state index contributed by atoms with van der Waals surface area (Å²) in [5.74, 6) is 0.922. The van der Waals surface area contributed by atoms with Gasteiger partial charge in [-0.05, 0) is 60.6 Å². The summed E-state index contributed by atoms with van der Waals surface area (Å²) in [6.45, 7) is 4.02. The molecule has 0 unspecified atom stereocenters. The number of amides is 1. The van der Waals surface area contributed by atoms with Gasteiger partial charge in [-0.1, -0.05) is 37.3 Å². The highest BCUT2D eigenvalue weighted by Crippen LogP contribution is 2.21. The van der Waals surface area contributed by atoms with E-state index in [-0.39, 0.29) is 10.8 Å². The average Bonchev–Trinajstić information content (AvgIpc) is 2.86. The van der Waals surface area contributed by atoms with Crippen molar-refractivity contribution in [2.24, 2.45) is 5.92 Å². The highest BCUT2D eigenvalue weighted by molar-refractivity contribution is 7.89. The number of benzene rings is 2. The van der Waals surface area contributed by atoms with Crippen molar-refractivity contribution in [3.05, 3.63) is 60.9 Å². The number of sulfonamides is 1. The number of carbonyl (C=O) groups is 1. The molecule has 9 heteroatoms. The van der Waals surface area contributed by atoms with E-state index in [0.717, 1.165) is 23.6 Å². The lowest BCUT2D eigenvalue weighted by Crippen LogP contribution is -2.50.